The zero-order valence-corrected chi connectivity index (χ0v) is 9.88. The minimum absolute atomic E-state index is 0.0175. The number of sulfone groups is 1. The van der Waals surface area contributed by atoms with Crippen molar-refractivity contribution in [1.29, 1.82) is 0 Å². The van der Waals surface area contributed by atoms with Crippen molar-refractivity contribution in [2.75, 3.05) is 12.3 Å². The quantitative estimate of drug-likeness (QED) is 0.713. The summed E-state index contributed by atoms with van der Waals surface area (Å²) in [6.07, 6.45) is 0.421. The molecule has 0 spiro atoms. The number of aromatic nitrogens is 2. The first-order valence-electron chi connectivity index (χ1n) is 5.18. The average Bonchev–Trinajstić information content (AvgIpc) is 2.65. The van der Waals surface area contributed by atoms with Gasteiger partial charge >= 0.3 is 5.69 Å². The van der Waals surface area contributed by atoms with E-state index in [4.69, 9.17) is 5.73 Å². The Kier molecular flexibility index (Phi) is 3.03. The number of hydrogen-bond donors (Lipinski definition) is 3. The van der Waals surface area contributed by atoms with E-state index in [9.17, 15) is 13.2 Å². The number of imidazole rings is 1. The lowest BCUT2D eigenvalue weighted by atomic mass is 10.3. The average molecular weight is 255 g/mol. The van der Waals surface area contributed by atoms with E-state index in [0.717, 1.165) is 0 Å². The van der Waals surface area contributed by atoms with E-state index in [1.165, 1.54) is 12.1 Å². The van der Waals surface area contributed by atoms with E-state index in [0.29, 0.717) is 24.0 Å². The Hall–Kier alpha value is -1.60. The SMILES string of the molecule is NCCCS(=O)(=O)c1ccc2[nH]c(=O)[nH]c2c1. The van der Waals surface area contributed by atoms with Crippen LogP contribution in [-0.2, 0) is 9.84 Å². The van der Waals surface area contributed by atoms with Crippen LogP contribution in [0.25, 0.3) is 11.0 Å². The largest absolute Gasteiger partial charge is 0.330 e. The minimum atomic E-state index is -3.32. The van der Waals surface area contributed by atoms with E-state index < -0.39 is 9.84 Å². The van der Waals surface area contributed by atoms with Crippen LogP contribution in [0.2, 0.25) is 0 Å². The molecule has 1 aromatic carbocycles. The van der Waals surface area contributed by atoms with E-state index >= 15 is 0 Å². The van der Waals surface area contributed by atoms with Gasteiger partial charge in [-0.25, -0.2) is 13.2 Å². The minimum Gasteiger partial charge on any atom is -0.330 e. The van der Waals surface area contributed by atoms with Crippen LogP contribution in [0.5, 0.6) is 0 Å². The Morgan fingerprint density at radius 1 is 1.18 bits per heavy atom. The molecule has 0 aliphatic carbocycles. The maximum absolute atomic E-state index is 11.9. The number of nitrogens with two attached hydrogens (primary N) is 1. The molecule has 0 unspecified atom stereocenters. The molecule has 1 heterocycles. The third-order valence-electron chi connectivity index (χ3n) is 2.46. The van der Waals surface area contributed by atoms with Crippen molar-refractivity contribution in [3.05, 3.63) is 28.7 Å². The van der Waals surface area contributed by atoms with Crippen molar-refractivity contribution >= 4 is 20.9 Å². The maximum Gasteiger partial charge on any atom is 0.323 e. The number of nitrogens with one attached hydrogen (secondary N) is 2. The monoisotopic (exact) mass is 255 g/mol. The molecule has 0 fully saturated rings. The third-order valence-corrected chi connectivity index (χ3v) is 4.26. The van der Waals surface area contributed by atoms with Gasteiger partial charge in [0.2, 0.25) is 0 Å². The number of H-pyrrole nitrogens is 2. The molecule has 0 bridgehead atoms. The predicted molar refractivity (Wildman–Crippen MR) is 64.6 cm³/mol. The summed E-state index contributed by atoms with van der Waals surface area (Å²) in [5.74, 6) is 0.0175. The molecule has 0 radical (unpaired) electrons. The van der Waals surface area contributed by atoms with Crippen LogP contribution in [0.1, 0.15) is 6.42 Å². The zero-order valence-electron chi connectivity index (χ0n) is 9.06. The van der Waals surface area contributed by atoms with Gasteiger partial charge < -0.3 is 15.7 Å². The number of fused-ring (bicyclic) bond motifs is 1. The van der Waals surface area contributed by atoms with Crippen molar-refractivity contribution in [3.63, 3.8) is 0 Å². The fraction of sp³-hybridized carbons (Fsp3) is 0.300. The highest BCUT2D eigenvalue weighted by Crippen LogP contribution is 2.16. The molecule has 0 saturated carbocycles. The number of benzene rings is 1. The molecule has 0 saturated heterocycles. The molecule has 0 aliphatic heterocycles. The normalized spacial score (nSPS) is 12.1. The van der Waals surface area contributed by atoms with Gasteiger partial charge in [-0.2, -0.15) is 0 Å². The van der Waals surface area contributed by atoms with E-state index in [-0.39, 0.29) is 16.3 Å². The number of hydrogen-bond acceptors (Lipinski definition) is 4. The van der Waals surface area contributed by atoms with Crippen LogP contribution in [0.4, 0.5) is 0 Å². The lowest BCUT2D eigenvalue weighted by molar-refractivity contribution is 0.593. The summed E-state index contributed by atoms with van der Waals surface area (Å²) in [7, 11) is -3.32. The highest BCUT2D eigenvalue weighted by molar-refractivity contribution is 7.91. The molecule has 92 valence electrons. The lowest BCUT2D eigenvalue weighted by Gasteiger charge is -2.03. The highest BCUT2D eigenvalue weighted by Gasteiger charge is 2.14. The van der Waals surface area contributed by atoms with E-state index in [2.05, 4.69) is 9.97 Å². The van der Waals surface area contributed by atoms with Crippen LogP contribution in [0, 0.1) is 0 Å². The van der Waals surface area contributed by atoms with Crippen molar-refractivity contribution in [1.82, 2.24) is 9.97 Å². The Morgan fingerprint density at radius 2 is 1.88 bits per heavy atom. The van der Waals surface area contributed by atoms with Crippen molar-refractivity contribution in [2.45, 2.75) is 11.3 Å². The second kappa shape index (κ2) is 4.34. The molecule has 17 heavy (non-hydrogen) atoms. The summed E-state index contributed by atoms with van der Waals surface area (Å²) >= 11 is 0. The summed E-state index contributed by atoms with van der Waals surface area (Å²) in [5.41, 5.74) is 6.02. The third kappa shape index (κ3) is 2.40. The Bertz CT molecular complexity index is 684. The summed E-state index contributed by atoms with van der Waals surface area (Å²) in [6, 6.07) is 4.51. The summed E-state index contributed by atoms with van der Waals surface area (Å²) in [4.78, 5) is 16.3. The number of rotatable bonds is 4. The maximum atomic E-state index is 11.9. The first kappa shape index (κ1) is 11.9. The Balaban J connectivity index is 2.45. The first-order chi connectivity index (χ1) is 8.03. The highest BCUT2D eigenvalue weighted by atomic mass is 32.2. The Morgan fingerprint density at radius 3 is 2.59 bits per heavy atom. The van der Waals surface area contributed by atoms with Gasteiger partial charge in [-0.15, -0.1) is 0 Å². The molecule has 2 rings (SSSR count). The van der Waals surface area contributed by atoms with Gasteiger partial charge in [-0.3, -0.25) is 0 Å². The fourth-order valence-electron chi connectivity index (χ4n) is 1.60. The Labute approximate surface area is 97.8 Å². The van der Waals surface area contributed by atoms with Gasteiger partial charge in [-0.1, -0.05) is 0 Å². The molecular formula is C10H13N3O3S. The van der Waals surface area contributed by atoms with Gasteiger partial charge in [0.1, 0.15) is 0 Å². The zero-order chi connectivity index (χ0) is 12.5. The van der Waals surface area contributed by atoms with Crippen LogP contribution in [-0.4, -0.2) is 30.7 Å². The lowest BCUT2D eigenvalue weighted by Crippen LogP contribution is -2.11. The predicted octanol–water partition coefficient (Wildman–Crippen LogP) is -0.0213. The molecule has 2 aromatic rings. The molecule has 6 nitrogen and oxygen atoms in total. The van der Waals surface area contributed by atoms with Gasteiger partial charge in [0.15, 0.2) is 9.84 Å². The molecule has 4 N–H and O–H groups in total. The summed E-state index contributed by atoms with van der Waals surface area (Å²) in [5, 5.41) is 0. The molecule has 0 atom stereocenters. The second-order valence-electron chi connectivity index (χ2n) is 3.75. The molecule has 0 aliphatic rings. The van der Waals surface area contributed by atoms with Crippen molar-refractivity contribution in [3.8, 4) is 0 Å². The van der Waals surface area contributed by atoms with E-state index in [1.54, 1.807) is 6.07 Å². The van der Waals surface area contributed by atoms with Gasteiger partial charge in [0.25, 0.3) is 0 Å². The molecule has 0 amide bonds. The molecule has 7 heteroatoms. The second-order valence-corrected chi connectivity index (χ2v) is 5.86. The van der Waals surface area contributed by atoms with Gasteiger partial charge in [-0.05, 0) is 31.2 Å². The van der Waals surface area contributed by atoms with Crippen molar-refractivity contribution in [2.24, 2.45) is 5.73 Å². The topological polar surface area (TPSA) is 109 Å². The summed E-state index contributed by atoms with van der Waals surface area (Å²) < 4.78 is 23.8. The fourth-order valence-corrected chi connectivity index (χ4v) is 2.95. The van der Waals surface area contributed by atoms with E-state index in [1.807, 2.05) is 0 Å². The first-order valence-corrected chi connectivity index (χ1v) is 6.83. The van der Waals surface area contributed by atoms with Gasteiger partial charge in [0.05, 0.1) is 21.7 Å². The molecule has 1 aromatic heterocycles. The number of aromatic amines is 2. The molecular weight excluding hydrogens is 242 g/mol. The smallest absolute Gasteiger partial charge is 0.323 e. The van der Waals surface area contributed by atoms with Crippen LogP contribution < -0.4 is 11.4 Å². The van der Waals surface area contributed by atoms with Crippen LogP contribution in [0.15, 0.2) is 27.9 Å². The van der Waals surface area contributed by atoms with Crippen LogP contribution in [0.3, 0.4) is 0 Å². The van der Waals surface area contributed by atoms with Crippen LogP contribution >= 0.6 is 0 Å². The standard InChI is InChI=1S/C10H13N3O3S/c11-4-1-5-17(15,16)7-2-3-8-9(6-7)13-10(14)12-8/h2-3,6H,1,4-5,11H2,(H2,12,13,14). The van der Waals surface area contributed by atoms with Crippen molar-refractivity contribution < 1.29 is 8.42 Å². The van der Waals surface area contributed by atoms with Gasteiger partial charge in [0, 0.05) is 0 Å². The summed E-state index contributed by atoms with van der Waals surface area (Å²) in [6.45, 7) is 0.336.